The number of allylic oxidation sites excluding steroid dienone is 1. The van der Waals surface area contributed by atoms with Gasteiger partial charge in [-0.1, -0.05) is 0 Å². The van der Waals surface area contributed by atoms with Crippen molar-refractivity contribution in [1.29, 1.82) is 0 Å². The number of hydrogen-bond donors (Lipinski definition) is 2. The Balaban J connectivity index is 1.72. The molecule has 1 aliphatic heterocycles. The fraction of sp³-hybridized carbons (Fsp3) is 0.222. The SMILES string of the molecule is NC(N)=N/N=C/C=C/c1cccn1-c1ccc(N2CCOCC2)cc1. The molecule has 7 nitrogen and oxygen atoms in total. The topological polar surface area (TPSA) is 94.2 Å². The smallest absolute Gasteiger partial charge is 0.211 e. The minimum atomic E-state index is -0.0617. The lowest BCUT2D eigenvalue weighted by Gasteiger charge is -2.29. The van der Waals surface area contributed by atoms with Gasteiger partial charge in [-0.3, -0.25) is 0 Å². The Morgan fingerprint density at radius 2 is 1.76 bits per heavy atom. The Hall–Kier alpha value is -3.06. The minimum absolute atomic E-state index is 0.0617. The number of anilines is 1. The molecule has 0 aliphatic carbocycles. The Kier molecular flexibility index (Phi) is 5.48. The van der Waals surface area contributed by atoms with Crippen molar-refractivity contribution in [2.45, 2.75) is 0 Å². The van der Waals surface area contributed by atoms with Crippen LogP contribution in [0, 0.1) is 0 Å². The fourth-order valence-electron chi connectivity index (χ4n) is 2.69. The van der Waals surface area contributed by atoms with Gasteiger partial charge < -0.3 is 25.7 Å². The van der Waals surface area contributed by atoms with Crippen molar-refractivity contribution >= 4 is 23.9 Å². The predicted octanol–water partition coefficient (Wildman–Crippen LogP) is 1.59. The minimum Gasteiger partial charge on any atom is -0.378 e. The van der Waals surface area contributed by atoms with Crippen LogP contribution in [0.3, 0.4) is 0 Å². The molecule has 3 rings (SSSR count). The predicted molar refractivity (Wildman–Crippen MR) is 102 cm³/mol. The molecule has 0 radical (unpaired) electrons. The molecule has 0 amide bonds. The van der Waals surface area contributed by atoms with Crippen LogP contribution in [0.15, 0.2) is 58.9 Å². The van der Waals surface area contributed by atoms with Gasteiger partial charge in [-0.2, -0.15) is 5.10 Å². The van der Waals surface area contributed by atoms with E-state index in [-0.39, 0.29) is 5.96 Å². The highest BCUT2D eigenvalue weighted by atomic mass is 16.5. The van der Waals surface area contributed by atoms with Crippen LogP contribution in [-0.2, 0) is 4.74 Å². The monoisotopic (exact) mass is 338 g/mol. The van der Waals surface area contributed by atoms with Crippen molar-refractivity contribution in [3.05, 3.63) is 54.4 Å². The van der Waals surface area contributed by atoms with Gasteiger partial charge in [0, 0.05) is 42.6 Å². The molecule has 4 N–H and O–H groups in total. The molecule has 0 atom stereocenters. The van der Waals surface area contributed by atoms with Crippen molar-refractivity contribution in [3.8, 4) is 5.69 Å². The largest absolute Gasteiger partial charge is 0.378 e. The molecule has 1 aliphatic rings. The van der Waals surface area contributed by atoms with Crippen molar-refractivity contribution in [2.24, 2.45) is 21.7 Å². The second kappa shape index (κ2) is 8.16. The molecule has 0 bridgehead atoms. The molecule has 25 heavy (non-hydrogen) atoms. The van der Waals surface area contributed by atoms with Crippen molar-refractivity contribution < 1.29 is 4.74 Å². The number of rotatable bonds is 5. The Bertz CT molecular complexity index is 765. The molecule has 0 spiro atoms. The van der Waals surface area contributed by atoms with Gasteiger partial charge >= 0.3 is 0 Å². The first-order chi connectivity index (χ1) is 12.2. The highest BCUT2D eigenvalue weighted by Gasteiger charge is 2.11. The number of morpholine rings is 1. The maximum absolute atomic E-state index is 5.40. The van der Waals surface area contributed by atoms with Crippen LogP contribution in [0.2, 0.25) is 0 Å². The van der Waals surface area contributed by atoms with E-state index in [1.807, 2.05) is 24.4 Å². The Labute approximate surface area is 146 Å². The molecule has 1 saturated heterocycles. The average Bonchev–Trinajstić information content (AvgIpc) is 3.10. The Morgan fingerprint density at radius 3 is 2.48 bits per heavy atom. The number of aromatic nitrogens is 1. The van der Waals surface area contributed by atoms with E-state index in [2.05, 4.69) is 43.9 Å². The maximum atomic E-state index is 5.40. The highest BCUT2D eigenvalue weighted by molar-refractivity contribution is 5.80. The second-order valence-electron chi connectivity index (χ2n) is 5.57. The number of nitrogens with two attached hydrogens (primary N) is 2. The molecule has 7 heteroatoms. The van der Waals surface area contributed by atoms with E-state index in [4.69, 9.17) is 16.2 Å². The van der Waals surface area contributed by atoms with Gasteiger partial charge in [-0.05, 0) is 48.6 Å². The van der Waals surface area contributed by atoms with E-state index in [1.165, 1.54) is 5.69 Å². The van der Waals surface area contributed by atoms with Gasteiger partial charge in [0.15, 0.2) is 0 Å². The molecular weight excluding hydrogens is 316 g/mol. The van der Waals surface area contributed by atoms with E-state index >= 15 is 0 Å². The second-order valence-corrected chi connectivity index (χ2v) is 5.57. The molecule has 130 valence electrons. The summed E-state index contributed by atoms with van der Waals surface area (Å²) in [6, 6.07) is 12.6. The van der Waals surface area contributed by atoms with Crippen molar-refractivity contribution in [3.63, 3.8) is 0 Å². The van der Waals surface area contributed by atoms with Crippen LogP contribution >= 0.6 is 0 Å². The summed E-state index contributed by atoms with van der Waals surface area (Å²) in [6.45, 7) is 3.45. The van der Waals surface area contributed by atoms with Crippen LogP contribution in [0.5, 0.6) is 0 Å². The normalized spacial score (nSPS) is 15.1. The molecule has 2 heterocycles. The zero-order valence-corrected chi connectivity index (χ0v) is 14.0. The van der Waals surface area contributed by atoms with Gasteiger partial charge in [0.25, 0.3) is 0 Å². The lowest BCUT2D eigenvalue weighted by Crippen LogP contribution is -2.36. The van der Waals surface area contributed by atoms with Crippen LogP contribution in [0.25, 0.3) is 11.8 Å². The first kappa shape index (κ1) is 16.8. The lowest BCUT2D eigenvalue weighted by atomic mass is 10.2. The standard InChI is InChI=1S/C18H22N6O/c19-18(20)22-21-9-1-3-16-4-2-10-24(16)17-7-5-15(6-8-17)23-11-13-25-14-12-23/h1-10H,11-14H2,(H4,19,20,22)/b3-1+,21-9+. The molecule has 0 unspecified atom stereocenters. The fourth-order valence-corrected chi connectivity index (χ4v) is 2.69. The third-order valence-electron chi connectivity index (χ3n) is 3.88. The van der Waals surface area contributed by atoms with E-state index < -0.39 is 0 Å². The third-order valence-corrected chi connectivity index (χ3v) is 3.88. The van der Waals surface area contributed by atoms with Gasteiger partial charge in [0.1, 0.15) is 0 Å². The summed E-state index contributed by atoms with van der Waals surface area (Å²) in [7, 11) is 0. The summed E-state index contributed by atoms with van der Waals surface area (Å²) in [4.78, 5) is 2.34. The van der Waals surface area contributed by atoms with Crippen molar-refractivity contribution in [1.82, 2.24) is 4.57 Å². The highest BCUT2D eigenvalue weighted by Crippen LogP contribution is 2.20. The molecular formula is C18H22N6O. The summed E-state index contributed by atoms with van der Waals surface area (Å²) in [5.41, 5.74) is 13.8. The first-order valence-corrected chi connectivity index (χ1v) is 8.13. The van der Waals surface area contributed by atoms with Gasteiger partial charge in [-0.25, -0.2) is 0 Å². The van der Waals surface area contributed by atoms with Gasteiger partial charge in [0.2, 0.25) is 5.96 Å². The molecule has 2 aromatic rings. The van der Waals surface area contributed by atoms with E-state index in [0.717, 1.165) is 37.7 Å². The zero-order valence-electron chi connectivity index (χ0n) is 14.0. The van der Waals surface area contributed by atoms with Crippen LogP contribution in [0.1, 0.15) is 5.69 Å². The Morgan fingerprint density at radius 1 is 1.04 bits per heavy atom. The summed E-state index contributed by atoms with van der Waals surface area (Å²) >= 11 is 0. The average molecular weight is 338 g/mol. The molecule has 0 saturated carbocycles. The molecule has 1 aromatic carbocycles. The zero-order chi connectivity index (χ0) is 17.5. The summed E-state index contributed by atoms with van der Waals surface area (Å²) < 4.78 is 7.51. The van der Waals surface area contributed by atoms with Crippen LogP contribution in [-0.4, -0.2) is 43.0 Å². The lowest BCUT2D eigenvalue weighted by molar-refractivity contribution is 0.122. The number of benzene rings is 1. The number of guanidine groups is 1. The van der Waals surface area contributed by atoms with Gasteiger partial charge in [-0.15, -0.1) is 5.10 Å². The summed E-state index contributed by atoms with van der Waals surface area (Å²) in [6.07, 6.45) is 7.30. The summed E-state index contributed by atoms with van der Waals surface area (Å²) in [5.74, 6) is -0.0617. The van der Waals surface area contributed by atoms with E-state index in [1.54, 1.807) is 12.3 Å². The van der Waals surface area contributed by atoms with E-state index in [0.29, 0.717) is 0 Å². The molecule has 1 aromatic heterocycles. The van der Waals surface area contributed by atoms with Crippen molar-refractivity contribution in [2.75, 3.05) is 31.2 Å². The maximum Gasteiger partial charge on any atom is 0.211 e. The number of nitrogens with zero attached hydrogens (tertiary/aromatic N) is 4. The summed E-state index contributed by atoms with van der Waals surface area (Å²) in [5, 5.41) is 7.29. The van der Waals surface area contributed by atoms with Gasteiger partial charge in [0.05, 0.1) is 13.2 Å². The van der Waals surface area contributed by atoms with Crippen LogP contribution in [0.4, 0.5) is 5.69 Å². The quantitative estimate of drug-likeness (QED) is 0.492. The number of hydrogen-bond acceptors (Lipinski definition) is 4. The van der Waals surface area contributed by atoms with Crippen LogP contribution < -0.4 is 16.4 Å². The number of ether oxygens (including phenoxy) is 1. The molecule has 1 fully saturated rings. The third kappa shape index (κ3) is 4.48. The van der Waals surface area contributed by atoms with E-state index in [9.17, 15) is 0 Å². The first-order valence-electron chi connectivity index (χ1n) is 8.13.